The van der Waals surface area contributed by atoms with Gasteiger partial charge in [0.15, 0.2) is 0 Å². The first kappa shape index (κ1) is 16.6. The van der Waals surface area contributed by atoms with Gasteiger partial charge in [-0.15, -0.1) is 0 Å². The van der Waals surface area contributed by atoms with Crippen molar-refractivity contribution in [2.45, 2.75) is 25.9 Å². The first-order chi connectivity index (χ1) is 7.05. The summed E-state index contributed by atoms with van der Waals surface area (Å²) in [6, 6.07) is 1.44. The molecule has 2 nitrogen and oxygen atoms in total. The standard InChI is InChI=1S/C12H30N2S2/c1-11(13(3,4)5)9-15-16-10-12(2)14(6,7)8/h11-12H,9-10H2,1-8H3/q+2/t11-,12+. The highest BCUT2D eigenvalue weighted by molar-refractivity contribution is 8.76. The van der Waals surface area contributed by atoms with Crippen molar-refractivity contribution in [2.75, 3.05) is 53.8 Å². The predicted molar refractivity (Wildman–Crippen MR) is 79.9 cm³/mol. The van der Waals surface area contributed by atoms with Crippen LogP contribution in [0.3, 0.4) is 0 Å². The molecule has 0 spiro atoms. The van der Waals surface area contributed by atoms with Crippen LogP contribution < -0.4 is 0 Å². The normalized spacial score (nSPS) is 17.2. The van der Waals surface area contributed by atoms with Gasteiger partial charge in [-0.3, -0.25) is 0 Å². The Morgan fingerprint density at radius 3 is 1.12 bits per heavy atom. The van der Waals surface area contributed by atoms with Crippen molar-refractivity contribution in [2.24, 2.45) is 0 Å². The van der Waals surface area contributed by atoms with Gasteiger partial charge in [-0.25, -0.2) is 0 Å². The van der Waals surface area contributed by atoms with Crippen molar-refractivity contribution >= 4 is 21.6 Å². The zero-order chi connectivity index (χ0) is 13.0. The molecule has 4 heteroatoms. The molecule has 0 aromatic heterocycles. The molecule has 0 saturated carbocycles. The number of hydrogen-bond donors (Lipinski definition) is 0. The number of quaternary nitrogens is 2. The SMILES string of the molecule is C[C@H](CSSC[C@H](C)[N+](C)(C)C)[N+](C)(C)C. The Hall–Kier alpha value is 0.620. The lowest BCUT2D eigenvalue weighted by Crippen LogP contribution is -2.45. The van der Waals surface area contributed by atoms with Gasteiger partial charge in [0.25, 0.3) is 0 Å². The minimum Gasteiger partial charge on any atom is -0.328 e. The lowest BCUT2D eigenvalue weighted by molar-refractivity contribution is -0.891. The highest BCUT2D eigenvalue weighted by Gasteiger charge is 2.20. The van der Waals surface area contributed by atoms with Gasteiger partial charge < -0.3 is 8.97 Å². The fourth-order valence-corrected chi connectivity index (χ4v) is 3.98. The number of hydrogen-bond acceptors (Lipinski definition) is 2. The summed E-state index contributed by atoms with van der Waals surface area (Å²) in [6.07, 6.45) is 0. The van der Waals surface area contributed by atoms with Crippen LogP contribution in [0.4, 0.5) is 0 Å². The van der Waals surface area contributed by atoms with Gasteiger partial charge in [-0.1, -0.05) is 21.6 Å². The molecule has 0 radical (unpaired) electrons. The highest BCUT2D eigenvalue weighted by Crippen LogP contribution is 2.26. The predicted octanol–water partition coefficient (Wildman–Crippen LogP) is 2.56. The minimum absolute atomic E-state index is 0.719. The molecular formula is C12H30N2S2+2. The molecule has 0 aliphatic heterocycles. The summed E-state index contributed by atoms with van der Waals surface area (Å²) in [7, 11) is 17.7. The van der Waals surface area contributed by atoms with Crippen LogP contribution in [0.2, 0.25) is 0 Å². The Bertz CT molecular complexity index is 172. The highest BCUT2D eigenvalue weighted by atomic mass is 33.1. The average Bonchev–Trinajstić information content (AvgIpc) is 2.08. The molecule has 0 saturated heterocycles. The van der Waals surface area contributed by atoms with E-state index in [4.69, 9.17) is 0 Å². The van der Waals surface area contributed by atoms with E-state index in [0.29, 0.717) is 0 Å². The Morgan fingerprint density at radius 1 is 0.688 bits per heavy atom. The third kappa shape index (κ3) is 7.05. The van der Waals surface area contributed by atoms with Crippen LogP contribution in [0.1, 0.15) is 13.8 Å². The van der Waals surface area contributed by atoms with Crippen molar-refractivity contribution in [1.29, 1.82) is 0 Å². The molecule has 0 aliphatic rings. The first-order valence-corrected chi connectivity index (χ1v) is 8.40. The third-order valence-electron chi connectivity index (χ3n) is 3.35. The van der Waals surface area contributed by atoms with Crippen LogP contribution in [0, 0.1) is 0 Å². The Kier molecular flexibility index (Phi) is 6.78. The lowest BCUT2D eigenvalue weighted by atomic mass is 10.3. The van der Waals surface area contributed by atoms with Gasteiger partial charge in [-0.2, -0.15) is 0 Å². The summed E-state index contributed by atoms with van der Waals surface area (Å²) >= 11 is 0. The minimum atomic E-state index is 0.719. The molecule has 0 unspecified atom stereocenters. The van der Waals surface area contributed by atoms with E-state index >= 15 is 0 Å². The van der Waals surface area contributed by atoms with Gasteiger partial charge in [0.05, 0.1) is 65.9 Å². The van der Waals surface area contributed by atoms with Crippen molar-refractivity contribution in [1.82, 2.24) is 0 Å². The maximum absolute atomic E-state index is 2.33. The van der Waals surface area contributed by atoms with Gasteiger partial charge in [-0.05, 0) is 13.8 Å². The molecule has 0 aliphatic carbocycles. The van der Waals surface area contributed by atoms with Crippen molar-refractivity contribution in [3.05, 3.63) is 0 Å². The van der Waals surface area contributed by atoms with Crippen molar-refractivity contribution < 1.29 is 8.97 Å². The van der Waals surface area contributed by atoms with E-state index in [9.17, 15) is 0 Å². The van der Waals surface area contributed by atoms with Crippen LogP contribution >= 0.6 is 21.6 Å². The second-order valence-electron chi connectivity index (χ2n) is 6.50. The molecule has 16 heavy (non-hydrogen) atoms. The average molecular weight is 267 g/mol. The van der Waals surface area contributed by atoms with Gasteiger partial charge in [0.2, 0.25) is 0 Å². The van der Waals surface area contributed by atoms with E-state index in [0.717, 1.165) is 21.0 Å². The molecule has 0 fully saturated rings. The van der Waals surface area contributed by atoms with Gasteiger partial charge in [0, 0.05) is 0 Å². The third-order valence-corrected chi connectivity index (χ3v) is 6.07. The zero-order valence-corrected chi connectivity index (χ0v) is 13.9. The van der Waals surface area contributed by atoms with Crippen LogP contribution in [-0.2, 0) is 0 Å². The molecule has 0 amide bonds. The lowest BCUT2D eigenvalue weighted by Gasteiger charge is -2.32. The second-order valence-corrected chi connectivity index (χ2v) is 9.05. The van der Waals surface area contributed by atoms with Crippen molar-refractivity contribution in [3.63, 3.8) is 0 Å². The van der Waals surface area contributed by atoms with Crippen LogP contribution in [0.25, 0.3) is 0 Å². The van der Waals surface area contributed by atoms with E-state index in [2.05, 4.69) is 56.1 Å². The number of rotatable bonds is 7. The molecule has 98 valence electrons. The van der Waals surface area contributed by atoms with Crippen molar-refractivity contribution in [3.8, 4) is 0 Å². The fourth-order valence-electron chi connectivity index (χ4n) is 0.740. The topological polar surface area (TPSA) is 0 Å². The van der Waals surface area contributed by atoms with Crippen LogP contribution in [0.5, 0.6) is 0 Å². The number of nitrogens with zero attached hydrogens (tertiary/aromatic N) is 2. The Labute approximate surface area is 110 Å². The zero-order valence-electron chi connectivity index (χ0n) is 12.3. The summed E-state index contributed by atoms with van der Waals surface area (Å²) in [6.45, 7) is 4.66. The van der Waals surface area contributed by atoms with E-state index < -0.39 is 0 Å². The summed E-state index contributed by atoms with van der Waals surface area (Å²) in [4.78, 5) is 0. The summed E-state index contributed by atoms with van der Waals surface area (Å²) < 4.78 is 2.11. The van der Waals surface area contributed by atoms with E-state index in [-0.39, 0.29) is 0 Å². The molecular weight excluding hydrogens is 236 g/mol. The molecule has 0 rings (SSSR count). The smallest absolute Gasteiger partial charge is 0.0955 e. The van der Waals surface area contributed by atoms with E-state index in [1.165, 1.54) is 11.5 Å². The maximum atomic E-state index is 2.33. The first-order valence-electron chi connectivity index (χ1n) is 5.91. The van der Waals surface area contributed by atoms with Gasteiger partial charge in [0.1, 0.15) is 0 Å². The molecule has 0 heterocycles. The summed E-state index contributed by atoms with van der Waals surface area (Å²) in [5.74, 6) is 2.47. The van der Waals surface area contributed by atoms with E-state index in [1.54, 1.807) is 0 Å². The summed E-state index contributed by atoms with van der Waals surface area (Å²) in [5.41, 5.74) is 0. The quantitative estimate of drug-likeness (QED) is 0.395. The fraction of sp³-hybridized carbons (Fsp3) is 1.00. The Balaban J connectivity index is 3.70. The monoisotopic (exact) mass is 266 g/mol. The molecule has 2 atom stereocenters. The van der Waals surface area contributed by atoms with E-state index in [1.807, 2.05) is 21.6 Å². The summed E-state index contributed by atoms with van der Waals surface area (Å²) in [5, 5.41) is 0. The largest absolute Gasteiger partial charge is 0.328 e. The van der Waals surface area contributed by atoms with Gasteiger partial charge >= 0.3 is 0 Å². The maximum Gasteiger partial charge on any atom is 0.0955 e. The Morgan fingerprint density at radius 2 is 0.938 bits per heavy atom. The second kappa shape index (κ2) is 6.53. The molecule has 0 aromatic carbocycles. The van der Waals surface area contributed by atoms with Crippen LogP contribution in [0.15, 0.2) is 0 Å². The molecule has 0 aromatic rings. The molecule has 0 bridgehead atoms. The van der Waals surface area contributed by atoms with Crippen LogP contribution in [-0.4, -0.2) is 74.8 Å². The molecule has 0 N–H and O–H groups in total.